The van der Waals surface area contributed by atoms with Gasteiger partial charge in [0.2, 0.25) is 5.92 Å². The lowest BCUT2D eigenvalue weighted by atomic mass is 9.76. The summed E-state index contributed by atoms with van der Waals surface area (Å²) in [5.41, 5.74) is 4.22. The van der Waals surface area contributed by atoms with Crippen LogP contribution in [0.4, 0.5) is 13.6 Å². The SMILES string of the molecule is O=C(N[C@@H](C(=O)O)C1CC(F)(F)C1)OCC1c2ccccc2-c2ccccc21. The van der Waals surface area contributed by atoms with Crippen molar-refractivity contribution in [2.75, 3.05) is 6.61 Å². The van der Waals surface area contributed by atoms with E-state index < -0.39 is 42.8 Å². The maximum atomic E-state index is 13.0. The van der Waals surface area contributed by atoms with Crippen LogP contribution in [0.25, 0.3) is 11.1 Å². The first-order chi connectivity index (χ1) is 13.4. The Hall–Kier alpha value is -2.96. The van der Waals surface area contributed by atoms with Gasteiger partial charge in [0.15, 0.2) is 0 Å². The molecule has 0 aromatic heterocycles. The van der Waals surface area contributed by atoms with E-state index >= 15 is 0 Å². The number of fused-ring (bicyclic) bond motifs is 3. The zero-order valence-electron chi connectivity index (χ0n) is 14.9. The Kier molecular flexibility index (Phi) is 4.53. The van der Waals surface area contributed by atoms with Crippen molar-refractivity contribution in [1.82, 2.24) is 5.32 Å². The van der Waals surface area contributed by atoms with Crippen LogP contribution in [0.2, 0.25) is 0 Å². The van der Waals surface area contributed by atoms with E-state index in [2.05, 4.69) is 5.32 Å². The Morgan fingerprint density at radius 1 is 1.07 bits per heavy atom. The molecule has 146 valence electrons. The second kappa shape index (κ2) is 6.89. The summed E-state index contributed by atoms with van der Waals surface area (Å²) in [5.74, 6) is -5.15. The first kappa shape index (κ1) is 18.4. The fourth-order valence-electron chi connectivity index (χ4n) is 4.09. The molecule has 0 radical (unpaired) electrons. The first-order valence-corrected chi connectivity index (χ1v) is 9.08. The molecular formula is C21H19F2NO4. The number of amides is 1. The smallest absolute Gasteiger partial charge is 0.407 e. The number of rotatable bonds is 5. The number of alkyl carbamates (subject to hydrolysis) is 1. The van der Waals surface area contributed by atoms with Crippen molar-refractivity contribution in [3.63, 3.8) is 0 Å². The predicted molar refractivity (Wildman–Crippen MR) is 97.3 cm³/mol. The molecule has 0 heterocycles. The van der Waals surface area contributed by atoms with Crippen molar-refractivity contribution in [3.8, 4) is 11.1 Å². The number of alkyl halides is 2. The van der Waals surface area contributed by atoms with Crippen LogP contribution >= 0.6 is 0 Å². The Morgan fingerprint density at radius 2 is 1.61 bits per heavy atom. The summed E-state index contributed by atoms with van der Waals surface area (Å²) in [6.07, 6.45) is -2.01. The van der Waals surface area contributed by atoms with Gasteiger partial charge in [0.05, 0.1) is 0 Å². The van der Waals surface area contributed by atoms with Gasteiger partial charge < -0.3 is 15.2 Å². The summed E-state index contributed by atoms with van der Waals surface area (Å²) >= 11 is 0. The molecule has 5 nitrogen and oxygen atoms in total. The number of aliphatic carboxylic acids is 1. The van der Waals surface area contributed by atoms with Gasteiger partial charge in [0.25, 0.3) is 0 Å². The molecular weight excluding hydrogens is 368 g/mol. The summed E-state index contributed by atoms with van der Waals surface area (Å²) in [4.78, 5) is 23.5. The van der Waals surface area contributed by atoms with Gasteiger partial charge in [-0.25, -0.2) is 18.4 Å². The normalized spacial score (nSPS) is 18.5. The fourth-order valence-corrected chi connectivity index (χ4v) is 4.09. The number of carboxylic acids is 1. The summed E-state index contributed by atoms with van der Waals surface area (Å²) in [7, 11) is 0. The standard InChI is InChI=1S/C21H19F2NO4/c22-21(23)9-12(10-21)18(19(25)26)24-20(27)28-11-17-15-7-3-1-5-13(15)14-6-2-4-8-16(14)17/h1-8,12,17-18H,9-11H2,(H,24,27)(H,25,26)/t18-/m1/s1. The number of hydrogen-bond donors (Lipinski definition) is 2. The van der Waals surface area contributed by atoms with Gasteiger partial charge in [0, 0.05) is 24.7 Å². The predicted octanol–water partition coefficient (Wildman–Crippen LogP) is 4.02. The van der Waals surface area contributed by atoms with Crippen LogP contribution in [0.1, 0.15) is 29.9 Å². The van der Waals surface area contributed by atoms with Crippen molar-refractivity contribution in [2.45, 2.75) is 30.7 Å². The second-order valence-electron chi connectivity index (χ2n) is 7.31. The Bertz CT molecular complexity index is 877. The minimum atomic E-state index is -2.86. The molecule has 2 aliphatic rings. The molecule has 28 heavy (non-hydrogen) atoms. The van der Waals surface area contributed by atoms with Gasteiger partial charge in [-0.1, -0.05) is 48.5 Å². The molecule has 0 aliphatic heterocycles. The lowest BCUT2D eigenvalue weighted by molar-refractivity contribution is -0.152. The van der Waals surface area contributed by atoms with Crippen LogP contribution in [0, 0.1) is 5.92 Å². The molecule has 2 aromatic rings. The van der Waals surface area contributed by atoms with E-state index in [0.29, 0.717) is 0 Å². The topological polar surface area (TPSA) is 75.6 Å². The van der Waals surface area contributed by atoms with Gasteiger partial charge in [-0.2, -0.15) is 0 Å². The van der Waals surface area contributed by atoms with Gasteiger partial charge in [-0.15, -0.1) is 0 Å². The average molecular weight is 387 g/mol. The van der Waals surface area contributed by atoms with Crippen molar-refractivity contribution >= 4 is 12.1 Å². The van der Waals surface area contributed by atoms with Crippen LogP contribution < -0.4 is 5.32 Å². The molecule has 1 amide bonds. The van der Waals surface area contributed by atoms with Crippen molar-refractivity contribution in [2.24, 2.45) is 5.92 Å². The maximum absolute atomic E-state index is 13.0. The van der Waals surface area contributed by atoms with Crippen LogP contribution in [0.5, 0.6) is 0 Å². The van der Waals surface area contributed by atoms with E-state index in [9.17, 15) is 23.5 Å². The fraction of sp³-hybridized carbons (Fsp3) is 0.333. The van der Waals surface area contributed by atoms with E-state index in [-0.39, 0.29) is 12.5 Å². The van der Waals surface area contributed by atoms with E-state index in [1.807, 2.05) is 48.5 Å². The van der Waals surface area contributed by atoms with Gasteiger partial charge in [-0.3, -0.25) is 0 Å². The molecule has 0 spiro atoms. The molecule has 1 saturated carbocycles. The zero-order valence-corrected chi connectivity index (χ0v) is 14.9. The quantitative estimate of drug-likeness (QED) is 0.813. The molecule has 1 atom stereocenters. The van der Waals surface area contributed by atoms with Crippen LogP contribution in [0.15, 0.2) is 48.5 Å². The Balaban J connectivity index is 1.43. The summed E-state index contributed by atoms with van der Waals surface area (Å²) in [5, 5.41) is 11.5. The highest BCUT2D eigenvalue weighted by Crippen LogP contribution is 2.45. The number of ether oxygens (including phenoxy) is 1. The van der Waals surface area contributed by atoms with Crippen LogP contribution in [-0.4, -0.2) is 35.7 Å². The molecule has 0 saturated heterocycles. The monoisotopic (exact) mass is 387 g/mol. The third kappa shape index (κ3) is 3.32. The minimum Gasteiger partial charge on any atom is -0.480 e. The lowest BCUT2D eigenvalue weighted by Gasteiger charge is -2.38. The molecule has 1 fully saturated rings. The van der Waals surface area contributed by atoms with Crippen LogP contribution in [0.3, 0.4) is 0 Å². The van der Waals surface area contributed by atoms with Crippen molar-refractivity contribution in [3.05, 3.63) is 59.7 Å². The molecule has 0 unspecified atom stereocenters. The van der Waals surface area contributed by atoms with Crippen molar-refractivity contribution < 1.29 is 28.2 Å². The number of benzene rings is 2. The van der Waals surface area contributed by atoms with E-state index in [1.165, 1.54) is 0 Å². The number of hydrogen-bond acceptors (Lipinski definition) is 3. The highest BCUT2D eigenvalue weighted by molar-refractivity contribution is 5.81. The van der Waals surface area contributed by atoms with Crippen molar-refractivity contribution in [1.29, 1.82) is 0 Å². The Morgan fingerprint density at radius 3 is 2.11 bits per heavy atom. The number of halogens is 2. The third-order valence-corrected chi connectivity index (χ3v) is 5.48. The minimum absolute atomic E-state index is 0.0347. The Labute approximate surface area is 160 Å². The summed E-state index contributed by atoms with van der Waals surface area (Å²) in [6.45, 7) is 0.0347. The number of carbonyl (C=O) groups excluding carboxylic acids is 1. The largest absolute Gasteiger partial charge is 0.480 e. The van der Waals surface area contributed by atoms with Crippen LogP contribution in [-0.2, 0) is 9.53 Å². The summed E-state index contributed by atoms with van der Waals surface area (Å²) < 4.78 is 31.4. The molecule has 0 bridgehead atoms. The van der Waals surface area contributed by atoms with Gasteiger partial charge in [0.1, 0.15) is 12.6 Å². The van der Waals surface area contributed by atoms with E-state index in [0.717, 1.165) is 22.3 Å². The molecule has 2 N–H and O–H groups in total. The van der Waals surface area contributed by atoms with Gasteiger partial charge >= 0.3 is 12.1 Å². The lowest BCUT2D eigenvalue weighted by Crippen LogP contribution is -2.53. The first-order valence-electron chi connectivity index (χ1n) is 9.08. The number of nitrogens with one attached hydrogen (secondary N) is 1. The van der Waals surface area contributed by atoms with E-state index in [1.54, 1.807) is 0 Å². The molecule has 4 rings (SSSR count). The zero-order chi connectivity index (χ0) is 19.9. The van der Waals surface area contributed by atoms with Gasteiger partial charge in [-0.05, 0) is 22.3 Å². The molecule has 7 heteroatoms. The maximum Gasteiger partial charge on any atom is 0.407 e. The molecule has 2 aliphatic carbocycles. The number of carbonyl (C=O) groups is 2. The van der Waals surface area contributed by atoms with E-state index in [4.69, 9.17) is 4.74 Å². The highest BCUT2D eigenvalue weighted by atomic mass is 19.3. The summed E-state index contributed by atoms with van der Waals surface area (Å²) in [6, 6.07) is 14.3. The number of carboxylic acid groups (broad SMARTS) is 1. The third-order valence-electron chi connectivity index (χ3n) is 5.48. The highest BCUT2D eigenvalue weighted by Gasteiger charge is 2.51. The second-order valence-corrected chi connectivity index (χ2v) is 7.31. The molecule has 2 aromatic carbocycles. The average Bonchev–Trinajstić information content (AvgIpc) is 2.96.